The molecule has 104 valence electrons. The zero-order chi connectivity index (χ0) is 13.2. The second-order valence-corrected chi connectivity index (χ2v) is 5.85. The van der Waals surface area contributed by atoms with Crippen molar-refractivity contribution in [2.45, 2.75) is 38.1 Å². The summed E-state index contributed by atoms with van der Waals surface area (Å²) in [4.78, 5) is 16.8. The third-order valence-electron chi connectivity index (χ3n) is 4.54. The van der Waals surface area contributed by atoms with E-state index in [0.29, 0.717) is 6.04 Å². The maximum Gasteiger partial charge on any atom is 0.321 e. The Morgan fingerprint density at radius 1 is 1.21 bits per heavy atom. The molecule has 2 heterocycles. The van der Waals surface area contributed by atoms with Gasteiger partial charge in [-0.2, -0.15) is 0 Å². The Morgan fingerprint density at radius 2 is 2.00 bits per heavy atom. The minimum Gasteiger partial charge on any atom is -0.321 e. The molecular weight excluding hydrogens is 238 g/mol. The minimum absolute atomic E-state index is 0.120. The van der Waals surface area contributed by atoms with Crippen molar-refractivity contribution in [3.63, 3.8) is 0 Å². The zero-order valence-electron chi connectivity index (χ0n) is 11.7. The van der Waals surface area contributed by atoms with Gasteiger partial charge in [-0.1, -0.05) is 12.2 Å². The first-order valence-corrected chi connectivity index (χ1v) is 7.39. The highest BCUT2D eigenvalue weighted by Gasteiger charge is 2.29. The van der Waals surface area contributed by atoms with Crippen LogP contribution in [0, 0.1) is 0 Å². The van der Waals surface area contributed by atoms with Gasteiger partial charge in [-0.05, 0) is 57.8 Å². The molecular formula is C15H23N3O. The van der Waals surface area contributed by atoms with Gasteiger partial charge in [-0.3, -0.25) is 0 Å². The molecule has 0 aromatic rings. The Balaban J connectivity index is 1.69. The molecule has 0 saturated carbocycles. The summed E-state index contributed by atoms with van der Waals surface area (Å²) in [5, 5.41) is 3.14. The van der Waals surface area contributed by atoms with Gasteiger partial charge in [0.1, 0.15) is 0 Å². The van der Waals surface area contributed by atoms with Crippen LogP contribution in [0.25, 0.3) is 0 Å². The van der Waals surface area contributed by atoms with Gasteiger partial charge in [-0.25, -0.2) is 4.79 Å². The van der Waals surface area contributed by atoms with Crippen molar-refractivity contribution in [3.05, 3.63) is 23.4 Å². The fourth-order valence-electron chi connectivity index (χ4n) is 3.29. The number of urea groups is 1. The van der Waals surface area contributed by atoms with Gasteiger partial charge >= 0.3 is 6.03 Å². The van der Waals surface area contributed by atoms with Crippen LogP contribution in [-0.4, -0.2) is 48.6 Å². The van der Waals surface area contributed by atoms with E-state index < -0.39 is 0 Å². The van der Waals surface area contributed by atoms with Crippen molar-refractivity contribution in [2.24, 2.45) is 0 Å². The monoisotopic (exact) mass is 261 g/mol. The highest BCUT2D eigenvalue weighted by molar-refractivity contribution is 5.77. The molecule has 0 radical (unpaired) electrons. The summed E-state index contributed by atoms with van der Waals surface area (Å²) in [6, 6.07) is 0.538. The second-order valence-electron chi connectivity index (χ2n) is 5.85. The van der Waals surface area contributed by atoms with E-state index in [2.05, 4.69) is 34.3 Å². The van der Waals surface area contributed by atoms with E-state index in [1.165, 1.54) is 5.57 Å². The number of nitrogens with zero attached hydrogens (tertiary/aromatic N) is 2. The lowest BCUT2D eigenvalue weighted by Crippen LogP contribution is -2.49. The Kier molecular flexibility index (Phi) is 3.60. The molecule has 3 rings (SSSR count). The van der Waals surface area contributed by atoms with Crippen molar-refractivity contribution in [1.29, 1.82) is 0 Å². The SMILES string of the molecule is CN1CCC(N2CCC3=C(CCC=C3)NC2=O)CC1. The van der Waals surface area contributed by atoms with E-state index in [1.54, 1.807) is 0 Å². The molecule has 1 N–H and O–H groups in total. The van der Waals surface area contributed by atoms with E-state index in [1.807, 2.05) is 0 Å². The highest BCUT2D eigenvalue weighted by atomic mass is 16.2. The van der Waals surface area contributed by atoms with Crippen LogP contribution in [0.3, 0.4) is 0 Å². The van der Waals surface area contributed by atoms with Crippen molar-refractivity contribution < 1.29 is 4.79 Å². The molecule has 0 aromatic carbocycles. The van der Waals surface area contributed by atoms with Gasteiger partial charge in [0.25, 0.3) is 0 Å². The van der Waals surface area contributed by atoms with Crippen molar-refractivity contribution in [1.82, 2.24) is 15.1 Å². The topological polar surface area (TPSA) is 35.6 Å². The Bertz CT molecular complexity index is 419. The fourth-order valence-corrected chi connectivity index (χ4v) is 3.29. The van der Waals surface area contributed by atoms with Crippen LogP contribution in [0.1, 0.15) is 32.1 Å². The molecule has 0 unspecified atom stereocenters. The number of carbonyl (C=O) groups excluding carboxylic acids is 1. The maximum absolute atomic E-state index is 12.4. The summed E-state index contributed by atoms with van der Waals surface area (Å²) in [7, 11) is 2.16. The zero-order valence-corrected chi connectivity index (χ0v) is 11.7. The van der Waals surface area contributed by atoms with E-state index in [4.69, 9.17) is 0 Å². The smallest absolute Gasteiger partial charge is 0.321 e. The fraction of sp³-hybridized carbons (Fsp3) is 0.667. The lowest BCUT2D eigenvalue weighted by Gasteiger charge is -2.36. The first kappa shape index (κ1) is 12.7. The standard InChI is InChI=1S/C15H23N3O/c1-17-9-7-13(8-10-17)18-11-6-12-4-2-3-5-14(12)16-15(18)19/h2,4,13H,3,5-11H2,1H3,(H,16,19). The van der Waals surface area contributed by atoms with Gasteiger partial charge in [-0.15, -0.1) is 0 Å². The van der Waals surface area contributed by atoms with Crippen molar-refractivity contribution >= 4 is 6.03 Å². The molecule has 4 heteroatoms. The molecule has 2 amide bonds. The molecule has 3 aliphatic rings. The minimum atomic E-state index is 0.120. The summed E-state index contributed by atoms with van der Waals surface area (Å²) in [5.41, 5.74) is 2.48. The summed E-state index contributed by atoms with van der Waals surface area (Å²) in [6.45, 7) is 3.06. The van der Waals surface area contributed by atoms with Crippen LogP contribution in [0.4, 0.5) is 4.79 Å². The van der Waals surface area contributed by atoms with Crippen LogP contribution in [0.5, 0.6) is 0 Å². The summed E-state index contributed by atoms with van der Waals surface area (Å²) >= 11 is 0. The number of rotatable bonds is 1. The highest BCUT2D eigenvalue weighted by Crippen LogP contribution is 2.25. The number of hydrogen-bond acceptors (Lipinski definition) is 2. The van der Waals surface area contributed by atoms with Gasteiger partial charge in [0, 0.05) is 18.3 Å². The van der Waals surface area contributed by atoms with E-state index in [0.717, 1.165) is 57.4 Å². The summed E-state index contributed by atoms with van der Waals surface area (Å²) in [6.07, 6.45) is 9.64. The van der Waals surface area contributed by atoms with Gasteiger partial charge in [0.15, 0.2) is 0 Å². The number of carbonyl (C=O) groups is 1. The lowest BCUT2D eigenvalue weighted by molar-refractivity contribution is 0.135. The van der Waals surface area contributed by atoms with Crippen LogP contribution < -0.4 is 5.32 Å². The lowest BCUT2D eigenvalue weighted by atomic mass is 10.0. The molecule has 0 aromatic heterocycles. The summed E-state index contributed by atoms with van der Waals surface area (Å²) in [5.74, 6) is 0. The number of nitrogens with one attached hydrogen (secondary N) is 1. The first-order valence-electron chi connectivity index (χ1n) is 7.39. The van der Waals surface area contributed by atoms with Crippen LogP contribution in [-0.2, 0) is 0 Å². The molecule has 1 fully saturated rings. The van der Waals surface area contributed by atoms with Crippen molar-refractivity contribution in [3.8, 4) is 0 Å². The quantitative estimate of drug-likeness (QED) is 0.784. The number of hydrogen-bond donors (Lipinski definition) is 1. The van der Waals surface area contributed by atoms with E-state index in [-0.39, 0.29) is 6.03 Å². The number of piperidine rings is 1. The van der Waals surface area contributed by atoms with Crippen LogP contribution in [0.2, 0.25) is 0 Å². The molecule has 1 aliphatic carbocycles. The molecule has 19 heavy (non-hydrogen) atoms. The Labute approximate surface area is 115 Å². The molecule has 2 aliphatic heterocycles. The van der Waals surface area contributed by atoms with Crippen LogP contribution >= 0.6 is 0 Å². The Morgan fingerprint density at radius 3 is 2.79 bits per heavy atom. The molecule has 0 spiro atoms. The first-order chi connectivity index (χ1) is 9.24. The predicted octanol–water partition coefficient (Wildman–Crippen LogP) is 2.10. The number of amides is 2. The van der Waals surface area contributed by atoms with Gasteiger partial charge < -0.3 is 15.1 Å². The van der Waals surface area contributed by atoms with Gasteiger partial charge in [0.2, 0.25) is 0 Å². The molecule has 0 bridgehead atoms. The predicted molar refractivity (Wildman–Crippen MR) is 75.8 cm³/mol. The Hall–Kier alpha value is -1.29. The average molecular weight is 261 g/mol. The second kappa shape index (κ2) is 5.37. The van der Waals surface area contributed by atoms with Crippen LogP contribution in [0.15, 0.2) is 23.4 Å². The number of likely N-dealkylation sites (tertiary alicyclic amines) is 1. The third-order valence-corrected chi connectivity index (χ3v) is 4.54. The third kappa shape index (κ3) is 2.68. The van der Waals surface area contributed by atoms with Crippen molar-refractivity contribution in [2.75, 3.05) is 26.7 Å². The van der Waals surface area contributed by atoms with E-state index >= 15 is 0 Å². The average Bonchev–Trinajstić information content (AvgIpc) is 2.58. The molecule has 1 saturated heterocycles. The maximum atomic E-state index is 12.4. The summed E-state index contributed by atoms with van der Waals surface area (Å²) < 4.78 is 0. The molecule has 0 atom stereocenters. The van der Waals surface area contributed by atoms with E-state index in [9.17, 15) is 4.79 Å². The van der Waals surface area contributed by atoms with Gasteiger partial charge in [0.05, 0.1) is 0 Å². The normalized spacial score (nSPS) is 26.2. The molecule has 4 nitrogen and oxygen atoms in total. The number of allylic oxidation sites excluding steroid dienone is 3. The largest absolute Gasteiger partial charge is 0.321 e.